The van der Waals surface area contributed by atoms with Crippen molar-refractivity contribution >= 4 is 29.7 Å². The number of hydrogen-bond donors (Lipinski definition) is 1. The summed E-state index contributed by atoms with van der Waals surface area (Å²) in [6.07, 6.45) is 1.04. The van der Waals surface area contributed by atoms with Crippen LogP contribution in [0.1, 0.15) is 22.3 Å². The molecule has 0 aliphatic carbocycles. The van der Waals surface area contributed by atoms with Crippen molar-refractivity contribution in [3.8, 4) is 5.75 Å². The molecule has 1 N–H and O–H groups in total. The number of ether oxygens (including phenoxy) is 1. The molecule has 6 nitrogen and oxygen atoms in total. The number of para-hydroxylation sites is 2. The molecule has 1 amide bonds. The van der Waals surface area contributed by atoms with Gasteiger partial charge < -0.3 is 19.9 Å². The first-order valence-electron chi connectivity index (χ1n) is 10.7. The van der Waals surface area contributed by atoms with Crippen molar-refractivity contribution in [3.05, 3.63) is 53.6 Å². The number of nitrogens with one attached hydrogen (secondary N) is 1. The average Bonchev–Trinajstić information content (AvgIpc) is 2.76. The highest BCUT2D eigenvalue weighted by molar-refractivity contribution is 6.00. The molecular weight excluding hydrogens is 412 g/mol. The lowest BCUT2D eigenvalue weighted by molar-refractivity contribution is 0.0828. The van der Waals surface area contributed by atoms with Gasteiger partial charge in [0.2, 0.25) is 0 Å². The lowest BCUT2D eigenvalue weighted by Crippen LogP contribution is -2.47. The molecular formula is C24H35ClN4O2. The molecule has 0 unspecified atom stereocenters. The Hall–Kier alpha value is -2.44. The van der Waals surface area contributed by atoms with Crippen LogP contribution in [0, 0.1) is 6.92 Å². The smallest absolute Gasteiger partial charge is 0.255 e. The van der Waals surface area contributed by atoms with Crippen molar-refractivity contribution in [2.75, 3.05) is 70.7 Å². The largest absolute Gasteiger partial charge is 0.495 e. The van der Waals surface area contributed by atoms with Gasteiger partial charge in [-0.2, -0.15) is 0 Å². The van der Waals surface area contributed by atoms with E-state index in [2.05, 4.69) is 27.2 Å². The van der Waals surface area contributed by atoms with Crippen molar-refractivity contribution in [3.63, 3.8) is 0 Å². The van der Waals surface area contributed by atoms with Gasteiger partial charge in [-0.15, -0.1) is 12.4 Å². The Kier molecular flexibility index (Phi) is 9.46. The standard InChI is InChI=1S/C24H34N4O2.ClH/c1-19-9-7-10-20(23(19)24(29)26(2)3)25-13-8-14-27-15-17-28(18-16-27)21-11-5-6-12-22(21)30-4;/h5-7,9-12,25H,8,13-18H2,1-4H3;1H. The van der Waals surface area contributed by atoms with E-state index >= 15 is 0 Å². The topological polar surface area (TPSA) is 48.1 Å². The zero-order valence-electron chi connectivity index (χ0n) is 19.1. The minimum atomic E-state index is 0. The van der Waals surface area contributed by atoms with Crippen LogP contribution in [0.25, 0.3) is 0 Å². The van der Waals surface area contributed by atoms with Crippen molar-refractivity contribution < 1.29 is 9.53 Å². The molecule has 1 aliphatic heterocycles. The predicted octanol–water partition coefficient (Wildman–Crippen LogP) is 3.75. The van der Waals surface area contributed by atoms with Gasteiger partial charge in [-0.05, 0) is 43.7 Å². The van der Waals surface area contributed by atoms with Gasteiger partial charge in [-0.1, -0.05) is 24.3 Å². The molecule has 0 aromatic heterocycles. The number of nitrogens with zero attached hydrogens (tertiary/aromatic N) is 3. The fourth-order valence-corrected chi connectivity index (χ4v) is 3.95. The fraction of sp³-hybridized carbons (Fsp3) is 0.458. The fourth-order valence-electron chi connectivity index (χ4n) is 3.95. The second kappa shape index (κ2) is 11.8. The molecule has 0 saturated carbocycles. The summed E-state index contributed by atoms with van der Waals surface area (Å²) < 4.78 is 5.51. The number of amides is 1. The molecule has 170 valence electrons. The summed E-state index contributed by atoms with van der Waals surface area (Å²) in [4.78, 5) is 19.1. The van der Waals surface area contributed by atoms with Gasteiger partial charge in [0, 0.05) is 52.5 Å². The monoisotopic (exact) mass is 446 g/mol. The molecule has 2 aromatic rings. The van der Waals surface area contributed by atoms with Crippen LogP contribution in [-0.4, -0.2) is 76.2 Å². The minimum absolute atomic E-state index is 0. The van der Waals surface area contributed by atoms with Crippen LogP contribution in [0.2, 0.25) is 0 Å². The van der Waals surface area contributed by atoms with Crippen molar-refractivity contribution in [1.29, 1.82) is 0 Å². The van der Waals surface area contributed by atoms with Gasteiger partial charge in [0.25, 0.3) is 5.91 Å². The number of halogens is 1. The van der Waals surface area contributed by atoms with Gasteiger partial charge in [0.1, 0.15) is 5.75 Å². The first kappa shape index (κ1) is 24.8. The zero-order chi connectivity index (χ0) is 21.5. The molecule has 0 bridgehead atoms. The molecule has 2 aromatic carbocycles. The summed E-state index contributed by atoms with van der Waals surface area (Å²) >= 11 is 0. The highest BCUT2D eigenvalue weighted by Gasteiger charge is 2.19. The molecule has 3 rings (SSSR count). The molecule has 1 aliphatic rings. The second-order valence-corrected chi connectivity index (χ2v) is 7.98. The van der Waals surface area contributed by atoms with E-state index in [0.717, 1.165) is 68.3 Å². The van der Waals surface area contributed by atoms with E-state index in [0.29, 0.717) is 0 Å². The summed E-state index contributed by atoms with van der Waals surface area (Å²) in [5.41, 5.74) is 3.88. The molecule has 7 heteroatoms. The third kappa shape index (κ3) is 6.28. The summed E-state index contributed by atoms with van der Waals surface area (Å²) in [6, 6.07) is 14.2. The molecule has 0 atom stereocenters. The van der Waals surface area contributed by atoms with E-state index in [1.165, 1.54) is 5.69 Å². The Morgan fingerprint density at radius 1 is 1.06 bits per heavy atom. The number of aryl methyl sites for hydroxylation is 1. The molecule has 1 saturated heterocycles. The van der Waals surface area contributed by atoms with Crippen LogP contribution in [0.5, 0.6) is 5.75 Å². The van der Waals surface area contributed by atoms with Gasteiger partial charge >= 0.3 is 0 Å². The van der Waals surface area contributed by atoms with Crippen molar-refractivity contribution in [1.82, 2.24) is 9.80 Å². The number of anilines is 2. The maximum atomic E-state index is 12.5. The van der Waals surface area contributed by atoms with E-state index in [1.807, 2.05) is 37.3 Å². The van der Waals surface area contributed by atoms with Gasteiger partial charge in [-0.25, -0.2) is 0 Å². The number of methoxy groups -OCH3 is 1. The Morgan fingerprint density at radius 3 is 2.45 bits per heavy atom. The van der Waals surface area contributed by atoms with E-state index < -0.39 is 0 Å². The number of hydrogen-bond acceptors (Lipinski definition) is 5. The van der Waals surface area contributed by atoms with E-state index in [9.17, 15) is 4.79 Å². The average molecular weight is 447 g/mol. The SMILES string of the molecule is COc1ccccc1N1CCN(CCCNc2cccc(C)c2C(=O)N(C)C)CC1.Cl. The van der Waals surface area contributed by atoms with Crippen LogP contribution in [0.3, 0.4) is 0 Å². The maximum absolute atomic E-state index is 12.5. The molecule has 1 heterocycles. The van der Waals surface area contributed by atoms with Gasteiger partial charge in [-0.3, -0.25) is 9.69 Å². The Balaban J connectivity index is 0.00000341. The zero-order valence-corrected chi connectivity index (χ0v) is 19.9. The van der Waals surface area contributed by atoms with Gasteiger partial charge in [0.05, 0.1) is 18.4 Å². The van der Waals surface area contributed by atoms with Crippen LogP contribution >= 0.6 is 12.4 Å². The Morgan fingerprint density at radius 2 is 1.77 bits per heavy atom. The van der Waals surface area contributed by atoms with Crippen LogP contribution in [-0.2, 0) is 0 Å². The number of carbonyl (C=O) groups is 1. The Bertz CT molecular complexity index is 851. The number of piperazine rings is 1. The first-order chi connectivity index (χ1) is 14.5. The number of rotatable bonds is 8. The molecule has 31 heavy (non-hydrogen) atoms. The second-order valence-electron chi connectivity index (χ2n) is 7.98. The Labute approximate surface area is 192 Å². The van der Waals surface area contributed by atoms with Crippen molar-refractivity contribution in [2.45, 2.75) is 13.3 Å². The van der Waals surface area contributed by atoms with E-state index in [4.69, 9.17) is 4.74 Å². The lowest BCUT2D eigenvalue weighted by Gasteiger charge is -2.36. The van der Waals surface area contributed by atoms with Crippen LogP contribution in [0.4, 0.5) is 11.4 Å². The first-order valence-corrected chi connectivity index (χ1v) is 10.7. The number of carbonyl (C=O) groups excluding carboxylic acids is 1. The summed E-state index contributed by atoms with van der Waals surface area (Å²) in [5, 5.41) is 3.48. The third-order valence-electron chi connectivity index (χ3n) is 5.66. The van der Waals surface area contributed by atoms with Crippen molar-refractivity contribution in [2.24, 2.45) is 0 Å². The van der Waals surface area contributed by atoms with Gasteiger partial charge in [0.15, 0.2) is 0 Å². The van der Waals surface area contributed by atoms with Crippen LogP contribution in [0.15, 0.2) is 42.5 Å². The molecule has 0 spiro atoms. The quantitative estimate of drug-likeness (QED) is 0.626. The third-order valence-corrected chi connectivity index (χ3v) is 5.66. The molecule has 1 fully saturated rings. The van der Waals surface area contributed by atoms with E-state index in [-0.39, 0.29) is 18.3 Å². The number of benzene rings is 2. The van der Waals surface area contributed by atoms with E-state index in [1.54, 1.807) is 26.1 Å². The molecule has 0 radical (unpaired) electrons. The maximum Gasteiger partial charge on any atom is 0.255 e. The highest BCUT2D eigenvalue weighted by Crippen LogP contribution is 2.28. The predicted molar refractivity (Wildman–Crippen MR) is 131 cm³/mol. The summed E-state index contributed by atoms with van der Waals surface area (Å²) in [6.45, 7) is 8.00. The summed E-state index contributed by atoms with van der Waals surface area (Å²) in [5.74, 6) is 0.986. The normalized spacial score (nSPS) is 14.0. The lowest BCUT2D eigenvalue weighted by atomic mass is 10.1. The summed E-state index contributed by atoms with van der Waals surface area (Å²) in [7, 11) is 5.32. The highest BCUT2D eigenvalue weighted by atomic mass is 35.5. The minimum Gasteiger partial charge on any atom is -0.495 e. The van der Waals surface area contributed by atoms with Crippen LogP contribution < -0.4 is 15.0 Å².